The topological polar surface area (TPSA) is 66.4 Å². The minimum Gasteiger partial charge on any atom is -0.480 e. The van der Waals surface area contributed by atoms with Gasteiger partial charge in [0.1, 0.15) is 6.67 Å². The predicted molar refractivity (Wildman–Crippen MR) is 77.1 cm³/mol. The summed E-state index contributed by atoms with van der Waals surface area (Å²) in [6.45, 7) is -1.13. The number of benzene rings is 1. The van der Waals surface area contributed by atoms with Crippen molar-refractivity contribution in [1.29, 1.82) is 0 Å². The third-order valence-corrected chi connectivity index (χ3v) is 4.26. The largest absolute Gasteiger partial charge is 0.480 e. The number of carboxylic acid groups (broad SMARTS) is 1. The van der Waals surface area contributed by atoms with Gasteiger partial charge in [-0.15, -0.1) is 0 Å². The van der Waals surface area contributed by atoms with Crippen molar-refractivity contribution in [3.8, 4) is 0 Å². The number of hydrogen-bond acceptors (Lipinski definition) is 2. The maximum atomic E-state index is 12.7. The van der Waals surface area contributed by atoms with E-state index >= 15 is 0 Å². The quantitative estimate of drug-likeness (QED) is 0.878. The molecule has 2 rings (SSSR count). The molecule has 1 saturated carbocycles. The van der Waals surface area contributed by atoms with E-state index in [-0.39, 0.29) is 0 Å². The van der Waals surface area contributed by atoms with Gasteiger partial charge in [0.15, 0.2) is 6.04 Å². The number of halogens is 2. The average Bonchev–Trinajstić information content (AvgIpc) is 2.95. The summed E-state index contributed by atoms with van der Waals surface area (Å²) >= 11 is 5.99. The monoisotopic (exact) mass is 313 g/mol. The molecular formula is C15H17ClFNO3. The van der Waals surface area contributed by atoms with Crippen LogP contribution in [0, 0.1) is 0 Å². The van der Waals surface area contributed by atoms with Crippen molar-refractivity contribution in [2.75, 3.05) is 6.67 Å². The van der Waals surface area contributed by atoms with Gasteiger partial charge in [0.25, 0.3) is 0 Å². The molecule has 0 heterocycles. The highest BCUT2D eigenvalue weighted by Crippen LogP contribution is 2.42. The van der Waals surface area contributed by atoms with Gasteiger partial charge in [0, 0.05) is 5.02 Å². The molecule has 1 fully saturated rings. The van der Waals surface area contributed by atoms with Gasteiger partial charge in [-0.3, -0.25) is 4.79 Å². The molecule has 0 radical (unpaired) electrons. The third-order valence-electron chi connectivity index (χ3n) is 4.03. The van der Waals surface area contributed by atoms with Gasteiger partial charge in [-0.05, 0) is 30.5 Å². The first-order chi connectivity index (χ1) is 9.99. The van der Waals surface area contributed by atoms with Crippen molar-refractivity contribution in [3.05, 3.63) is 34.9 Å². The molecule has 1 aliphatic rings. The van der Waals surface area contributed by atoms with Crippen molar-refractivity contribution < 1.29 is 19.1 Å². The molecule has 0 bridgehead atoms. The highest BCUT2D eigenvalue weighted by atomic mass is 35.5. The average molecular weight is 314 g/mol. The number of carbonyl (C=O) groups excluding carboxylic acids is 1. The lowest BCUT2D eigenvalue weighted by Crippen LogP contribution is -2.50. The lowest BCUT2D eigenvalue weighted by molar-refractivity contribution is -0.143. The number of alkyl halides is 1. The highest BCUT2D eigenvalue weighted by Gasteiger charge is 2.43. The molecule has 4 nitrogen and oxygen atoms in total. The summed E-state index contributed by atoms with van der Waals surface area (Å²) < 4.78 is 12.7. The number of carbonyl (C=O) groups is 2. The van der Waals surface area contributed by atoms with E-state index in [1.165, 1.54) is 0 Å². The Balaban J connectivity index is 2.30. The van der Waals surface area contributed by atoms with Gasteiger partial charge in [0.05, 0.1) is 5.41 Å². The van der Waals surface area contributed by atoms with Crippen molar-refractivity contribution in [2.45, 2.75) is 37.1 Å². The highest BCUT2D eigenvalue weighted by molar-refractivity contribution is 6.30. The van der Waals surface area contributed by atoms with E-state index in [0.29, 0.717) is 17.9 Å². The van der Waals surface area contributed by atoms with Crippen LogP contribution >= 0.6 is 11.6 Å². The summed E-state index contributed by atoms with van der Waals surface area (Å²) in [4.78, 5) is 23.5. The van der Waals surface area contributed by atoms with Gasteiger partial charge in [-0.2, -0.15) is 0 Å². The second-order valence-corrected chi connectivity index (χ2v) is 5.75. The fourth-order valence-electron chi connectivity index (χ4n) is 2.87. The third kappa shape index (κ3) is 3.18. The van der Waals surface area contributed by atoms with Crippen LogP contribution in [0.15, 0.2) is 24.3 Å². The molecule has 0 aromatic heterocycles. The number of rotatable bonds is 5. The van der Waals surface area contributed by atoms with Crippen LogP contribution in [0.3, 0.4) is 0 Å². The predicted octanol–water partition coefficient (Wildman–Crippen LogP) is 2.69. The number of aliphatic carboxylic acids is 1. The van der Waals surface area contributed by atoms with Crippen LogP contribution in [-0.2, 0) is 15.0 Å². The molecule has 1 aromatic carbocycles. The van der Waals surface area contributed by atoms with E-state index in [1.807, 2.05) is 6.07 Å². The van der Waals surface area contributed by atoms with Gasteiger partial charge in [0.2, 0.25) is 5.91 Å². The molecule has 1 aliphatic carbocycles. The second kappa shape index (κ2) is 6.43. The molecule has 114 valence electrons. The zero-order valence-electron chi connectivity index (χ0n) is 11.4. The Morgan fingerprint density at radius 1 is 1.38 bits per heavy atom. The fraction of sp³-hybridized carbons (Fsp3) is 0.467. The maximum absolute atomic E-state index is 12.7. The van der Waals surface area contributed by atoms with Gasteiger partial charge < -0.3 is 10.4 Å². The molecule has 1 aromatic rings. The van der Waals surface area contributed by atoms with Crippen LogP contribution in [0.4, 0.5) is 4.39 Å². The van der Waals surface area contributed by atoms with E-state index < -0.39 is 30.0 Å². The molecular weight excluding hydrogens is 297 g/mol. The van der Waals surface area contributed by atoms with E-state index in [4.69, 9.17) is 16.7 Å². The van der Waals surface area contributed by atoms with Gasteiger partial charge >= 0.3 is 5.97 Å². The Morgan fingerprint density at radius 3 is 2.57 bits per heavy atom. The molecule has 2 N–H and O–H groups in total. The first-order valence-corrected chi connectivity index (χ1v) is 7.23. The van der Waals surface area contributed by atoms with E-state index in [2.05, 4.69) is 5.32 Å². The Kier molecular flexibility index (Phi) is 4.83. The van der Waals surface area contributed by atoms with Crippen LogP contribution in [0.5, 0.6) is 0 Å². The molecule has 0 aliphatic heterocycles. The van der Waals surface area contributed by atoms with Crippen LogP contribution in [0.25, 0.3) is 0 Å². The minimum atomic E-state index is -1.51. The first-order valence-electron chi connectivity index (χ1n) is 6.85. The SMILES string of the molecule is O=C(O)C(CF)NC(=O)C1(c2cccc(Cl)c2)CCCC1. The van der Waals surface area contributed by atoms with Crippen molar-refractivity contribution >= 4 is 23.5 Å². The number of carboxylic acids is 1. The van der Waals surface area contributed by atoms with Gasteiger partial charge in [-0.25, -0.2) is 9.18 Å². The zero-order valence-corrected chi connectivity index (χ0v) is 12.2. The normalized spacial score (nSPS) is 18.2. The Bertz CT molecular complexity index is 543. The molecule has 21 heavy (non-hydrogen) atoms. The number of nitrogens with one attached hydrogen (secondary N) is 1. The summed E-state index contributed by atoms with van der Waals surface area (Å²) in [5, 5.41) is 11.7. The molecule has 1 amide bonds. The maximum Gasteiger partial charge on any atom is 0.328 e. The fourth-order valence-corrected chi connectivity index (χ4v) is 3.06. The second-order valence-electron chi connectivity index (χ2n) is 5.32. The van der Waals surface area contributed by atoms with Crippen molar-refractivity contribution in [2.24, 2.45) is 0 Å². The van der Waals surface area contributed by atoms with Crippen molar-refractivity contribution in [1.82, 2.24) is 5.32 Å². The number of hydrogen-bond donors (Lipinski definition) is 2. The number of amides is 1. The van der Waals surface area contributed by atoms with Crippen LogP contribution in [-0.4, -0.2) is 29.7 Å². The Labute approximate surface area is 127 Å². The summed E-state index contributed by atoms with van der Waals surface area (Å²) in [5.74, 6) is -1.81. The summed E-state index contributed by atoms with van der Waals surface area (Å²) in [6.07, 6.45) is 2.95. The van der Waals surface area contributed by atoms with Crippen molar-refractivity contribution in [3.63, 3.8) is 0 Å². The van der Waals surface area contributed by atoms with Crippen LogP contribution in [0.2, 0.25) is 5.02 Å². The van der Waals surface area contributed by atoms with Crippen LogP contribution < -0.4 is 5.32 Å². The van der Waals surface area contributed by atoms with Gasteiger partial charge in [-0.1, -0.05) is 36.6 Å². The smallest absolute Gasteiger partial charge is 0.328 e. The zero-order chi connectivity index (χ0) is 15.5. The molecule has 0 saturated heterocycles. The summed E-state index contributed by atoms with van der Waals surface area (Å²) in [6, 6.07) is 5.50. The van der Waals surface area contributed by atoms with Crippen LogP contribution in [0.1, 0.15) is 31.2 Å². The molecule has 1 atom stereocenters. The Hall–Kier alpha value is -1.62. The molecule has 6 heteroatoms. The van der Waals surface area contributed by atoms with E-state index in [0.717, 1.165) is 18.4 Å². The Morgan fingerprint density at radius 2 is 2.05 bits per heavy atom. The lowest BCUT2D eigenvalue weighted by Gasteiger charge is -2.29. The first kappa shape index (κ1) is 15.8. The summed E-state index contributed by atoms with van der Waals surface area (Å²) in [7, 11) is 0. The van der Waals surface area contributed by atoms with E-state index in [1.54, 1.807) is 18.2 Å². The minimum absolute atomic E-state index is 0.438. The molecule has 1 unspecified atom stereocenters. The summed E-state index contributed by atoms with van der Waals surface area (Å²) in [5.41, 5.74) is -0.0543. The lowest BCUT2D eigenvalue weighted by atomic mass is 9.78. The molecule has 0 spiro atoms. The standard InChI is InChI=1S/C15H17ClFNO3/c16-11-5-3-4-10(8-11)15(6-1-2-7-15)14(21)18-12(9-17)13(19)20/h3-5,8,12H,1-2,6-7,9H2,(H,18,21)(H,19,20). The van der Waals surface area contributed by atoms with E-state index in [9.17, 15) is 14.0 Å².